The average molecular weight is 117 g/mol. The van der Waals surface area contributed by atoms with E-state index in [-0.39, 0.29) is 0 Å². The maximum atomic E-state index is 5.06. The number of methoxy groups -OCH3 is 1. The zero-order valence-corrected chi connectivity index (χ0v) is 5.09. The summed E-state index contributed by atoms with van der Waals surface area (Å²) in [6, 6.07) is 0. The number of hydrogen-bond donors (Lipinski definition) is 0. The van der Waals surface area contributed by atoms with Crippen LogP contribution >= 0.6 is 0 Å². The highest BCUT2D eigenvalue weighted by molar-refractivity contribution is 4.51. The van der Waals surface area contributed by atoms with E-state index in [2.05, 4.69) is 4.90 Å². The Morgan fingerprint density at radius 3 is 3.12 bits per heavy atom. The van der Waals surface area contributed by atoms with Crippen LogP contribution in [0.4, 0.5) is 0 Å². The molecule has 1 aliphatic heterocycles. The fourth-order valence-electron chi connectivity index (χ4n) is 0.736. The Labute approximate surface area is 49.2 Å². The number of ether oxygens (including phenoxy) is 2. The second-order valence-corrected chi connectivity index (χ2v) is 1.85. The maximum absolute atomic E-state index is 5.06. The van der Waals surface area contributed by atoms with Gasteiger partial charge in [0, 0.05) is 13.7 Å². The van der Waals surface area contributed by atoms with E-state index in [9.17, 15) is 0 Å². The van der Waals surface area contributed by atoms with Crippen molar-refractivity contribution >= 4 is 0 Å². The molecule has 0 aromatic heterocycles. The summed E-state index contributed by atoms with van der Waals surface area (Å²) in [5, 5.41) is 0. The normalized spacial score (nSPS) is 22.1. The van der Waals surface area contributed by atoms with Gasteiger partial charge in [-0.3, -0.25) is 4.90 Å². The topological polar surface area (TPSA) is 21.7 Å². The lowest BCUT2D eigenvalue weighted by atomic mass is 10.7. The van der Waals surface area contributed by atoms with Gasteiger partial charge in [0.2, 0.25) is 0 Å². The summed E-state index contributed by atoms with van der Waals surface area (Å²) in [5.41, 5.74) is 0. The van der Waals surface area contributed by atoms with E-state index in [0.29, 0.717) is 6.73 Å². The van der Waals surface area contributed by atoms with E-state index in [1.54, 1.807) is 7.11 Å². The van der Waals surface area contributed by atoms with Crippen LogP contribution in [0.2, 0.25) is 0 Å². The summed E-state index contributed by atoms with van der Waals surface area (Å²) in [7, 11) is 1.69. The third-order valence-electron chi connectivity index (χ3n) is 1.14. The van der Waals surface area contributed by atoms with Gasteiger partial charge < -0.3 is 9.47 Å². The highest BCUT2D eigenvalue weighted by Gasteiger charge is 2.09. The highest BCUT2D eigenvalue weighted by atomic mass is 16.5. The van der Waals surface area contributed by atoms with Crippen molar-refractivity contribution in [3.05, 3.63) is 0 Å². The summed E-state index contributed by atoms with van der Waals surface area (Å²) in [6.07, 6.45) is 0. The molecule has 0 bridgehead atoms. The summed E-state index contributed by atoms with van der Waals surface area (Å²) in [4.78, 5) is 2.10. The number of nitrogens with zero attached hydrogens (tertiary/aromatic N) is 1. The molecule has 0 saturated carbocycles. The lowest BCUT2D eigenvalue weighted by molar-refractivity contribution is 0.0441. The molecule has 1 rings (SSSR count). The van der Waals surface area contributed by atoms with Gasteiger partial charge in [-0.15, -0.1) is 0 Å². The molecule has 0 aromatic rings. The molecule has 0 atom stereocenters. The van der Waals surface area contributed by atoms with E-state index in [4.69, 9.17) is 9.47 Å². The van der Waals surface area contributed by atoms with Gasteiger partial charge in [0.25, 0.3) is 0 Å². The van der Waals surface area contributed by atoms with Crippen molar-refractivity contribution < 1.29 is 9.47 Å². The Kier molecular flexibility index (Phi) is 2.27. The summed E-state index contributed by atoms with van der Waals surface area (Å²) in [6.45, 7) is 3.28. The largest absolute Gasteiger partial charge is 0.369 e. The molecular weight excluding hydrogens is 106 g/mol. The molecule has 0 amide bonds. The molecule has 1 fully saturated rings. The van der Waals surface area contributed by atoms with Crippen LogP contribution in [0.25, 0.3) is 0 Å². The maximum Gasteiger partial charge on any atom is 0.101 e. The molecule has 1 saturated heterocycles. The Balaban J connectivity index is 2.06. The molecule has 3 heteroatoms. The van der Waals surface area contributed by atoms with Crippen LogP contribution < -0.4 is 0 Å². The van der Waals surface area contributed by atoms with Crippen molar-refractivity contribution in [1.29, 1.82) is 0 Å². The van der Waals surface area contributed by atoms with Crippen LogP contribution in [0.1, 0.15) is 0 Å². The first-order valence-corrected chi connectivity index (χ1v) is 2.72. The van der Waals surface area contributed by atoms with Gasteiger partial charge in [-0.2, -0.15) is 0 Å². The summed E-state index contributed by atoms with van der Waals surface area (Å²) >= 11 is 0. The van der Waals surface area contributed by atoms with Crippen LogP contribution in [0.3, 0.4) is 0 Å². The second-order valence-electron chi connectivity index (χ2n) is 1.85. The number of hydrogen-bond acceptors (Lipinski definition) is 3. The van der Waals surface area contributed by atoms with Crippen LogP contribution in [-0.2, 0) is 9.47 Å². The number of rotatable bonds is 2. The van der Waals surface area contributed by atoms with Crippen LogP contribution in [-0.4, -0.2) is 38.6 Å². The van der Waals surface area contributed by atoms with Gasteiger partial charge in [0.1, 0.15) is 13.5 Å². The Morgan fingerprint density at radius 2 is 2.62 bits per heavy atom. The second kappa shape index (κ2) is 3.02. The van der Waals surface area contributed by atoms with Gasteiger partial charge in [0.15, 0.2) is 0 Å². The Bertz CT molecular complexity index is 61.4. The minimum absolute atomic E-state index is 0.694. The van der Waals surface area contributed by atoms with Crippen molar-refractivity contribution in [3.63, 3.8) is 0 Å². The molecule has 8 heavy (non-hydrogen) atoms. The molecule has 3 nitrogen and oxygen atoms in total. The third kappa shape index (κ3) is 1.43. The summed E-state index contributed by atoms with van der Waals surface area (Å²) < 4.78 is 9.93. The van der Waals surface area contributed by atoms with Crippen molar-refractivity contribution in [2.45, 2.75) is 0 Å². The van der Waals surface area contributed by atoms with Gasteiger partial charge in [-0.05, 0) is 0 Å². The SMILES string of the molecule is COCN1CCOC1. The Morgan fingerprint density at radius 1 is 1.75 bits per heavy atom. The lowest BCUT2D eigenvalue weighted by Gasteiger charge is -2.09. The molecule has 0 aromatic carbocycles. The predicted molar refractivity (Wildman–Crippen MR) is 29.4 cm³/mol. The summed E-state index contributed by atoms with van der Waals surface area (Å²) in [5.74, 6) is 0. The van der Waals surface area contributed by atoms with Gasteiger partial charge >= 0.3 is 0 Å². The zero-order chi connectivity index (χ0) is 5.82. The first-order chi connectivity index (χ1) is 3.93. The minimum Gasteiger partial charge on any atom is -0.369 e. The van der Waals surface area contributed by atoms with Crippen LogP contribution in [0.5, 0.6) is 0 Å². The molecule has 0 radical (unpaired) electrons. The monoisotopic (exact) mass is 117 g/mol. The van der Waals surface area contributed by atoms with Crippen molar-refractivity contribution in [3.8, 4) is 0 Å². The van der Waals surface area contributed by atoms with Gasteiger partial charge in [-0.1, -0.05) is 0 Å². The van der Waals surface area contributed by atoms with Crippen LogP contribution in [0.15, 0.2) is 0 Å². The van der Waals surface area contributed by atoms with Gasteiger partial charge in [0.05, 0.1) is 6.61 Å². The zero-order valence-electron chi connectivity index (χ0n) is 5.09. The van der Waals surface area contributed by atoms with E-state index in [1.807, 2.05) is 0 Å². The van der Waals surface area contributed by atoms with Crippen molar-refractivity contribution in [2.75, 3.05) is 33.7 Å². The molecule has 0 unspecified atom stereocenters. The van der Waals surface area contributed by atoms with E-state index < -0.39 is 0 Å². The first-order valence-electron chi connectivity index (χ1n) is 2.72. The molecule has 0 spiro atoms. The Hall–Kier alpha value is -0.120. The first kappa shape index (κ1) is 6.01. The molecule has 1 aliphatic rings. The molecule has 48 valence electrons. The lowest BCUT2D eigenvalue weighted by Crippen LogP contribution is -2.21. The van der Waals surface area contributed by atoms with Crippen LogP contribution in [0, 0.1) is 0 Å². The molecule has 1 heterocycles. The average Bonchev–Trinajstić information content (AvgIpc) is 2.19. The van der Waals surface area contributed by atoms with Crippen molar-refractivity contribution in [1.82, 2.24) is 4.90 Å². The third-order valence-corrected chi connectivity index (χ3v) is 1.14. The quantitative estimate of drug-likeness (QED) is 0.503. The molecular formula is C5H11NO2. The smallest absolute Gasteiger partial charge is 0.101 e. The standard InChI is InChI=1S/C5H11NO2/c1-7-4-6-2-3-8-5-6/h2-5H2,1H3. The molecule has 0 N–H and O–H groups in total. The van der Waals surface area contributed by atoms with Gasteiger partial charge in [-0.25, -0.2) is 0 Å². The molecule has 0 aliphatic carbocycles. The minimum atomic E-state index is 0.694. The van der Waals surface area contributed by atoms with E-state index in [0.717, 1.165) is 19.9 Å². The fraction of sp³-hybridized carbons (Fsp3) is 1.00. The van der Waals surface area contributed by atoms with E-state index in [1.165, 1.54) is 0 Å². The van der Waals surface area contributed by atoms with Crippen molar-refractivity contribution in [2.24, 2.45) is 0 Å². The van der Waals surface area contributed by atoms with E-state index >= 15 is 0 Å². The highest BCUT2D eigenvalue weighted by Crippen LogP contribution is 1.96. The predicted octanol–water partition coefficient (Wildman–Crippen LogP) is -0.120. The fourth-order valence-corrected chi connectivity index (χ4v) is 0.736.